The van der Waals surface area contributed by atoms with E-state index in [1.807, 2.05) is 19.9 Å². The van der Waals surface area contributed by atoms with E-state index < -0.39 is 5.97 Å². The molecule has 0 radical (unpaired) electrons. The Bertz CT molecular complexity index is 672. The van der Waals surface area contributed by atoms with E-state index in [0.29, 0.717) is 6.42 Å². The second-order valence-electron chi connectivity index (χ2n) is 6.91. The molecule has 2 N–H and O–H groups in total. The number of phenols is 1. The average Bonchev–Trinajstić information content (AvgIpc) is 2.47. The molecule has 0 saturated carbocycles. The summed E-state index contributed by atoms with van der Waals surface area (Å²) >= 11 is 0. The molecule has 3 heteroatoms. The normalized spacial score (nSPS) is 23.2. The number of aromatic hydroxyl groups is 1. The van der Waals surface area contributed by atoms with Crippen molar-refractivity contribution in [1.82, 2.24) is 0 Å². The lowest BCUT2D eigenvalue weighted by Crippen LogP contribution is -2.38. The van der Waals surface area contributed by atoms with Gasteiger partial charge in [0.15, 0.2) is 0 Å². The molecule has 1 aliphatic rings. The Balaban J connectivity index is 2.66. The number of carbonyl (C=O) groups is 1. The zero-order chi connectivity index (χ0) is 17.4. The topological polar surface area (TPSA) is 57.5 Å². The monoisotopic (exact) mass is 314 g/mol. The van der Waals surface area contributed by atoms with Gasteiger partial charge < -0.3 is 10.2 Å². The largest absolute Gasteiger partial charge is 0.508 e. The maximum atomic E-state index is 11.1. The van der Waals surface area contributed by atoms with Gasteiger partial charge in [0.05, 0.1) is 0 Å². The minimum absolute atomic E-state index is 0.109. The molecular formula is C20H26O3. The maximum Gasteiger partial charge on any atom is 0.303 e. The van der Waals surface area contributed by atoms with Crippen LogP contribution in [0.5, 0.6) is 5.75 Å². The second kappa shape index (κ2) is 6.23. The van der Waals surface area contributed by atoms with E-state index in [2.05, 4.69) is 20.1 Å². The van der Waals surface area contributed by atoms with Crippen LogP contribution in [0.4, 0.5) is 0 Å². The van der Waals surface area contributed by atoms with Crippen LogP contribution in [0.2, 0.25) is 0 Å². The number of carboxylic acid groups (broad SMARTS) is 1. The Kier molecular flexibility index (Phi) is 4.69. The first-order chi connectivity index (χ1) is 10.7. The molecule has 2 unspecified atom stereocenters. The lowest BCUT2D eigenvalue weighted by atomic mass is 9.59. The lowest BCUT2D eigenvalue weighted by molar-refractivity contribution is -0.137. The van der Waals surface area contributed by atoms with Gasteiger partial charge in [0.2, 0.25) is 0 Å². The maximum absolute atomic E-state index is 11.1. The van der Waals surface area contributed by atoms with Crippen LogP contribution >= 0.6 is 0 Å². The van der Waals surface area contributed by atoms with Crippen LogP contribution in [0.1, 0.15) is 55.4 Å². The molecule has 0 bridgehead atoms. The molecule has 1 aliphatic carbocycles. The van der Waals surface area contributed by atoms with Crippen molar-refractivity contribution < 1.29 is 15.0 Å². The van der Waals surface area contributed by atoms with Crippen molar-refractivity contribution in [3.63, 3.8) is 0 Å². The number of rotatable bonds is 5. The predicted molar refractivity (Wildman–Crippen MR) is 93.8 cm³/mol. The highest BCUT2D eigenvalue weighted by molar-refractivity contribution is 5.68. The summed E-state index contributed by atoms with van der Waals surface area (Å²) in [6.45, 7) is 14.0. The van der Waals surface area contributed by atoms with E-state index in [0.717, 1.165) is 35.1 Å². The quantitative estimate of drug-likeness (QED) is 0.781. The van der Waals surface area contributed by atoms with Crippen molar-refractivity contribution in [3.8, 4) is 5.75 Å². The molecule has 0 fully saturated rings. The van der Waals surface area contributed by atoms with E-state index in [1.165, 1.54) is 5.56 Å². The fourth-order valence-electron chi connectivity index (χ4n) is 4.16. The summed E-state index contributed by atoms with van der Waals surface area (Å²) in [4.78, 5) is 11.1. The Hall–Kier alpha value is -2.03. The number of phenolic OH excluding ortho intramolecular Hbond substituents is 1. The molecule has 1 aromatic rings. The highest BCUT2D eigenvalue weighted by Gasteiger charge is 2.42. The fraction of sp³-hybridized carbons (Fsp3) is 0.450. The second-order valence-corrected chi connectivity index (χ2v) is 6.91. The Labute approximate surface area is 138 Å². The first-order valence-corrected chi connectivity index (χ1v) is 8.08. The van der Waals surface area contributed by atoms with Crippen LogP contribution in [-0.4, -0.2) is 16.2 Å². The molecule has 0 aliphatic heterocycles. The molecule has 3 nitrogen and oxygen atoms in total. The standard InChI is InChI=1S/C20H26O3/c1-6-14-13(4)18(21)11-17-15(14)7-8-16(12(2)3)20(17,5)10-9-19(22)23/h6,11,16,21H,1-2,7-10H2,3-5H3,(H,22,23). The Morgan fingerprint density at radius 2 is 2.17 bits per heavy atom. The fourth-order valence-corrected chi connectivity index (χ4v) is 4.16. The third kappa shape index (κ3) is 2.92. The van der Waals surface area contributed by atoms with Crippen LogP contribution in [0.3, 0.4) is 0 Å². The van der Waals surface area contributed by atoms with Crippen LogP contribution in [-0.2, 0) is 16.6 Å². The van der Waals surface area contributed by atoms with Gasteiger partial charge in [0.1, 0.15) is 5.75 Å². The van der Waals surface area contributed by atoms with E-state index in [-0.39, 0.29) is 23.5 Å². The molecule has 124 valence electrons. The number of fused-ring (bicyclic) bond motifs is 1. The van der Waals surface area contributed by atoms with E-state index in [9.17, 15) is 9.90 Å². The molecule has 23 heavy (non-hydrogen) atoms. The zero-order valence-corrected chi connectivity index (χ0v) is 14.3. The van der Waals surface area contributed by atoms with Crippen molar-refractivity contribution in [2.75, 3.05) is 0 Å². The summed E-state index contributed by atoms with van der Waals surface area (Å²) in [6.07, 6.45) is 4.29. The van der Waals surface area contributed by atoms with Gasteiger partial charge in [-0.05, 0) is 72.8 Å². The van der Waals surface area contributed by atoms with E-state index in [4.69, 9.17) is 5.11 Å². The summed E-state index contributed by atoms with van der Waals surface area (Å²) in [5, 5.41) is 19.5. The van der Waals surface area contributed by atoms with Crippen molar-refractivity contribution in [3.05, 3.63) is 47.1 Å². The van der Waals surface area contributed by atoms with Crippen LogP contribution < -0.4 is 0 Å². The number of allylic oxidation sites excluding steroid dienone is 1. The van der Waals surface area contributed by atoms with E-state index in [1.54, 1.807) is 6.08 Å². The summed E-state index contributed by atoms with van der Waals surface area (Å²) in [5.74, 6) is -0.323. The first-order valence-electron chi connectivity index (χ1n) is 8.08. The zero-order valence-electron chi connectivity index (χ0n) is 14.3. The van der Waals surface area contributed by atoms with Gasteiger partial charge in [-0.2, -0.15) is 0 Å². The first kappa shape index (κ1) is 17.3. The number of aliphatic carboxylic acids is 1. The van der Waals surface area contributed by atoms with Gasteiger partial charge in [-0.3, -0.25) is 4.79 Å². The summed E-state index contributed by atoms with van der Waals surface area (Å²) in [5.41, 5.74) is 4.82. The number of carboxylic acids is 1. The molecule has 0 amide bonds. The van der Waals surface area contributed by atoms with Crippen LogP contribution in [0, 0.1) is 12.8 Å². The Morgan fingerprint density at radius 3 is 2.70 bits per heavy atom. The molecule has 1 aromatic carbocycles. The van der Waals surface area contributed by atoms with Gasteiger partial charge in [0.25, 0.3) is 0 Å². The van der Waals surface area contributed by atoms with Crippen LogP contribution in [0.25, 0.3) is 6.08 Å². The van der Waals surface area contributed by atoms with Gasteiger partial charge in [-0.15, -0.1) is 0 Å². The number of hydrogen-bond donors (Lipinski definition) is 2. The number of benzene rings is 1. The molecule has 0 aromatic heterocycles. The third-order valence-corrected chi connectivity index (χ3v) is 5.44. The summed E-state index contributed by atoms with van der Waals surface area (Å²) in [7, 11) is 0. The Morgan fingerprint density at radius 1 is 1.52 bits per heavy atom. The highest BCUT2D eigenvalue weighted by Crippen LogP contribution is 2.50. The number of hydrogen-bond acceptors (Lipinski definition) is 2. The molecule has 2 rings (SSSR count). The van der Waals surface area contributed by atoms with Gasteiger partial charge in [-0.1, -0.05) is 31.7 Å². The van der Waals surface area contributed by atoms with E-state index >= 15 is 0 Å². The SMILES string of the molecule is C=Cc1c(C)c(O)cc2c1CCC(C(=C)C)C2(C)CCC(=O)O. The minimum atomic E-state index is -0.793. The average molecular weight is 314 g/mol. The molecule has 2 atom stereocenters. The molecule has 0 heterocycles. The van der Waals surface area contributed by atoms with Crippen molar-refractivity contribution in [2.45, 2.75) is 51.9 Å². The summed E-state index contributed by atoms with van der Waals surface area (Å²) < 4.78 is 0. The minimum Gasteiger partial charge on any atom is -0.508 e. The van der Waals surface area contributed by atoms with Gasteiger partial charge >= 0.3 is 5.97 Å². The van der Waals surface area contributed by atoms with Crippen molar-refractivity contribution in [2.24, 2.45) is 5.92 Å². The predicted octanol–water partition coefficient (Wildman–Crippen LogP) is 4.60. The highest BCUT2D eigenvalue weighted by atomic mass is 16.4. The molecule has 0 spiro atoms. The molecular weight excluding hydrogens is 288 g/mol. The molecule has 0 saturated heterocycles. The van der Waals surface area contributed by atoms with Gasteiger partial charge in [0, 0.05) is 6.42 Å². The van der Waals surface area contributed by atoms with Crippen molar-refractivity contribution in [1.29, 1.82) is 0 Å². The summed E-state index contributed by atoms with van der Waals surface area (Å²) in [6, 6.07) is 1.83. The third-order valence-electron chi connectivity index (χ3n) is 5.44. The van der Waals surface area contributed by atoms with Crippen molar-refractivity contribution >= 4 is 12.0 Å². The lowest BCUT2D eigenvalue weighted by Gasteiger charge is -2.44. The van der Waals surface area contributed by atoms with Gasteiger partial charge in [-0.25, -0.2) is 0 Å². The van der Waals surface area contributed by atoms with Crippen LogP contribution in [0.15, 0.2) is 24.8 Å². The smallest absolute Gasteiger partial charge is 0.303 e.